The van der Waals surface area contributed by atoms with E-state index in [1.54, 1.807) is 0 Å². The van der Waals surface area contributed by atoms with Crippen molar-refractivity contribution in [2.45, 2.75) is 38.0 Å². The van der Waals surface area contributed by atoms with Gasteiger partial charge in [-0.1, -0.05) is 122 Å². The summed E-state index contributed by atoms with van der Waals surface area (Å²) >= 11 is 1.87. The molecule has 2 heterocycles. The first-order chi connectivity index (χ1) is 25.3. The van der Waals surface area contributed by atoms with Crippen LogP contribution >= 0.6 is 11.3 Å². The number of anilines is 3. The third-order valence-electron chi connectivity index (χ3n) is 10.9. The van der Waals surface area contributed by atoms with Crippen molar-refractivity contribution in [3.05, 3.63) is 163 Å². The molecule has 0 radical (unpaired) electrons. The Bertz CT molecular complexity index is 2660. The minimum absolute atomic E-state index is 0.633. The summed E-state index contributed by atoms with van der Waals surface area (Å²) in [5.41, 5.74) is 11.5. The number of rotatable bonds is 6. The average molecular weight is 676 g/mol. The topological polar surface area (TPSA) is 16.4 Å². The standard InChI is InChI=1S/C48H37NOS/c1-3-10-32(11-4-1)34-18-24-38(25-19-34)49(39-26-20-35(21-27-39)37-22-28-41-40-14-7-8-17-46(40)51-47(41)31-37)43-15-9-16-44-48(43)42-29-23-36(30-45(42)50-44)33-12-5-2-6-13-33/h1,3-4,7-11,14-31,33H,2,5-6,12-13H2. The molecule has 9 aromatic rings. The van der Waals surface area contributed by atoms with E-state index < -0.39 is 0 Å². The van der Waals surface area contributed by atoms with E-state index in [1.807, 2.05) is 11.3 Å². The van der Waals surface area contributed by atoms with Crippen molar-refractivity contribution in [1.82, 2.24) is 0 Å². The first-order valence-corrected chi connectivity index (χ1v) is 19.0. The molecule has 2 aromatic heterocycles. The van der Waals surface area contributed by atoms with E-state index in [0.717, 1.165) is 33.6 Å². The van der Waals surface area contributed by atoms with E-state index in [-0.39, 0.29) is 0 Å². The van der Waals surface area contributed by atoms with Crippen LogP contribution in [0, 0.1) is 0 Å². The number of thiophene rings is 1. The number of fused-ring (bicyclic) bond motifs is 6. The van der Waals surface area contributed by atoms with Gasteiger partial charge in [0.05, 0.1) is 11.1 Å². The summed E-state index contributed by atoms with van der Waals surface area (Å²) in [6, 6.07) is 57.6. The Balaban J connectivity index is 1.09. The molecule has 0 N–H and O–H groups in total. The maximum Gasteiger partial charge on any atom is 0.137 e. The summed E-state index contributed by atoms with van der Waals surface area (Å²) in [6.07, 6.45) is 6.55. The number of benzene rings is 7. The molecule has 0 amide bonds. The van der Waals surface area contributed by atoms with Crippen LogP contribution < -0.4 is 4.90 Å². The van der Waals surface area contributed by atoms with Crippen LogP contribution in [0.2, 0.25) is 0 Å². The zero-order chi connectivity index (χ0) is 33.7. The normalized spacial score (nSPS) is 13.8. The highest BCUT2D eigenvalue weighted by atomic mass is 32.1. The van der Waals surface area contributed by atoms with Crippen LogP contribution in [-0.2, 0) is 0 Å². The summed E-state index contributed by atoms with van der Waals surface area (Å²) in [7, 11) is 0. The summed E-state index contributed by atoms with van der Waals surface area (Å²) in [6.45, 7) is 0. The van der Waals surface area contributed by atoms with Crippen LogP contribution in [0.15, 0.2) is 162 Å². The van der Waals surface area contributed by atoms with E-state index in [9.17, 15) is 0 Å². The molecule has 1 saturated carbocycles. The molecule has 0 atom stereocenters. The molecule has 0 saturated heterocycles. The first kappa shape index (κ1) is 30.2. The van der Waals surface area contributed by atoms with Crippen LogP contribution in [0.4, 0.5) is 17.1 Å². The Morgan fingerprint density at radius 1 is 0.471 bits per heavy atom. The second-order valence-corrected chi connectivity index (χ2v) is 15.0. The molecule has 1 fully saturated rings. The molecule has 1 aliphatic rings. The Morgan fingerprint density at radius 2 is 1.12 bits per heavy atom. The molecule has 51 heavy (non-hydrogen) atoms. The summed E-state index contributed by atoms with van der Waals surface area (Å²) in [4.78, 5) is 2.39. The molecule has 0 spiro atoms. The molecular formula is C48H37NOS. The predicted molar refractivity (Wildman–Crippen MR) is 218 cm³/mol. The largest absolute Gasteiger partial charge is 0.456 e. The molecular weight excluding hydrogens is 639 g/mol. The molecule has 10 rings (SSSR count). The molecule has 7 aromatic carbocycles. The quantitative estimate of drug-likeness (QED) is 0.174. The third-order valence-corrected chi connectivity index (χ3v) is 12.0. The molecule has 2 nitrogen and oxygen atoms in total. The lowest BCUT2D eigenvalue weighted by Gasteiger charge is -2.26. The number of hydrogen-bond donors (Lipinski definition) is 0. The van der Waals surface area contributed by atoms with Crippen LogP contribution in [0.3, 0.4) is 0 Å². The Kier molecular flexibility index (Phi) is 7.46. The molecule has 1 aliphatic carbocycles. The minimum Gasteiger partial charge on any atom is -0.456 e. The van der Waals surface area contributed by atoms with Crippen LogP contribution in [0.25, 0.3) is 64.4 Å². The van der Waals surface area contributed by atoms with E-state index in [1.165, 1.54) is 85.5 Å². The number of furan rings is 1. The smallest absolute Gasteiger partial charge is 0.137 e. The second-order valence-electron chi connectivity index (χ2n) is 13.9. The fourth-order valence-corrected chi connectivity index (χ4v) is 9.41. The Hall–Kier alpha value is -5.64. The van der Waals surface area contributed by atoms with Gasteiger partial charge in [-0.05, 0) is 101 Å². The van der Waals surface area contributed by atoms with E-state index >= 15 is 0 Å². The van der Waals surface area contributed by atoms with Gasteiger partial charge in [-0.3, -0.25) is 0 Å². The fourth-order valence-electron chi connectivity index (χ4n) is 8.27. The van der Waals surface area contributed by atoms with Crippen molar-refractivity contribution in [3.8, 4) is 22.3 Å². The molecule has 0 unspecified atom stereocenters. The van der Waals surface area contributed by atoms with Crippen LogP contribution in [0.5, 0.6) is 0 Å². The maximum atomic E-state index is 6.63. The van der Waals surface area contributed by atoms with Gasteiger partial charge >= 0.3 is 0 Å². The molecule has 246 valence electrons. The van der Waals surface area contributed by atoms with Gasteiger partial charge in [-0.25, -0.2) is 0 Å². The predicted octanol–water partition coefficient (Wildman–Crippen LogP) is 14.8. The zero-order valence-electron chi connectivity index (χ0n) is 28.4. The van der Waals surface area contributed by atoms with Gasteiger partial charge in [-0.2, -0.15) is 0 Å². The summed E-state index contributed by atoms with van der Waals surface area (Å²) in [5.74, 6) is 0.633. The Labute approximate surface area is 302 Å². The van der Waals surface area contributed by atoms with E-state index in [4.69, 9.17) is 4.42 Å². The fraction of sp³-hybridized carbons (Fsp3) is 0.125. The van der Waals surface area contributed by atoms with Gasteiger partial charge in [0.1, 0.15) is 11.2 Å². The maximum absolute atomic E-state index is 6.63. The van der Waals surface area contributed by atoms with Crippen molar-refractivity contribution >= 4 is 70.5 Å². The summed E-state index contributed by atoms with van der Waals surface area (Å²) < 4.78 is 9.29. The molecule has 3 heteroatoms. The highest BCUT2D eigenvalue weighted by Gasteiger charge is 2.22. The first-order valence-electron chi connectivity index (χ1n) is 18.2. The van der Waals surface area contributed by atoms with E-state index in [2.05, 4.69) is 163 Å². The van der Waals surface area contributed by atoms with Gasteiger partial charge in [0, 0.05) is 36.9 Å². The lowest BCUT2D eigenvalue weighted by molar-refractivity contribution is 0.443. The van der Waals surface area contributed by atoms with Crippen LogP contribution in [-0.4, -0.2) is 0 Å². The van der Waals surface area contributed by atoms with Gasteiger partial charge in [0.15, 0.2) is 0 Å². The second kappa shape index (κ2) is 12.6. The van der Waals surface area contributed by atoms with Crippen molar-refractivity contribution in [3.63, 3.8) is 0 Å². The lowest BCUT2D eigenvalue weighted by atomic mass is 9.84. The van der Waals surface area contributed by atoms with Gasteiger partial charge in [-0.15, -0.1) is 11.3 Å². The third kappa shape index (κ3) is 5.40. The Morgan fingerprint density at radius 3 is 1.90 bits per heavy atom. The SMILES string of the molecule is c1ccc(-c2ccc(N(c3ccc(-c4ccc5c(c4)sc4ccccc45)cc3)c3cccc4oc5cc(C6CCCCC6)ccc5c34)cc2)cc1. The van der Waals surface area contributed by atoms with Crippen LogP contribution in [0.1, 0.15) is 43.6 Å². The van der Waals surface area contributed by atoms with Gasteiger partial charge in [0.2, 0.25) is 0 Å². The number of nitrogens with zero attached hydrogens (tertiary/aromatic N) is 1. The van der Waals surface area contributed by atoms with Gasteiger partial charge < -0.3 is 9.32 Å². The molecule has 0 bridgehead atoms. The average Bonchev–Trinajstić information content (AvgIpc) is 3.77. The lowest BCUT2D eigenvalue weighted by Crippen LogP contribution is -2.10. The van der Waals surface area contributed by atoms with Crippen molar-refractivity contribution in [1.29, 1.82) is 0 Å². The van der Waals surface area contributed by atoms with Gasteiger partial charge in [0.25, 0.3) is 0 Å². The monoisotopic (exact) mass is 675 g/mol. The minimum atomic E-state index is 0.633. The summed E-state index contributed by atoms with van der Waals surface area (Å²) in [5, 5.41) is 4.97. The number of hydrogen-bond acceptors (Lipinski definition) is 3. The van der Waals surface area contributed by atoms with Crippen molar-refractivity contribution < 1.29 is 4.42 Å². The van der Waals surface area contributed by atoms with E-state index in [0.29, 0.717) is 5.92 Å². The molecule has 0 aliphatic heterocycles. The highest BCUT2D eigenvalue weighted by molar-refractivity contribution is 7.25. The van der Waals surface area contributed by atoms with Crippen molar-refractivity contribution in [2.24, 2.45) is 0 Å². The van der Waals surface area contributed by atoms with Crippen molar-refractivity contribution in [2.75, 3.05) is 4.90 Å². The highest BCUT2D eigenvalue weighted by Crippen LogP contribution is 2.45. The zero-order valence-corrected chi connectivity index (χ0v) is 29.2.